The van der Waals surface area contributed by atoms with Crippen molar-refractivity contribution >= 4 is 10.0 Å². The van der Waals surface area contributed by atoms with E-state index in [4.69, 9.17) is 0 Å². The molecule has 0 bridgehead atoms. The van der Waals surface area contributed by atoms with Gasteiger partial charge < -0.3 is 0 Å². The van der Waals surface area contributed by atoms with Gasteiger partial charge in [0.05, 0.1) is 11.9 Å². The predicted molar refractivity (Wildman–Crippen MR) is 64.2 cm³/mol. The Morgan fingerprint density at radius 1 is 1.29 bits per heavy atom. The highest BCUT2D eigenvalue weighted by molar-refractivity contribution is 7.89. The van der Waals surface area contributed by atoms with E-state index in [1.807, 2.05) is 0 Å². The van der Waals surface area contributed by atoms with Crippen LogP contribution in [0.25, 0.3) is 11.3 Å². The lowest BCUT2D eigenvalue weighted by molar-refractivity contribution is 0.593. The van der Waals surface area contributed by atoms with Crippen molar-refractivity contribution in [3.8, 4) is 11.3 Å². The Hall–Kier alpha value is -1.95. The number of rotatable bonds is 2. The fourth-order valence-corrected chi connectivity index (χ4v) is 2.28. The van der Waals surface area contributed by atoms with Crippen LogP contribution in [0.3, 0.4) is 0 Å². The van der Waals surface area contributed by atoms with Crippen molar-refractivity contribution < 1.29 is 8.42 Å². The van der Waals surface area contributed by atoms with Gasteiger partial charge in [-0.15, -0.1) is 0 Å². The van der Waals surface area contributed by atoms with E-state index in [1.165, 1.54) is 24.5 Å². The molecule has 88 valence electrons. The molecule has 17 heavy (non-hydrogen) atoms. The van der Waals surface area contributed by atoms with Gasteiger partial charge in [0, 0.05) is 36.3 Å². The van der Waals surface area contributed by atoms with Gasteiger partial charge in [-0.3, -0.25) is 9.78 Å². The van der Waals surface area contributed by atoms with Crippen LogP contribution in [0.5, 0.6) is 0 Å². The Morgan fingerprint density at radius 2 is 2.06 bits per heavy atom. The molecule has 5 nitrogen and oxygen atoms in total. The van der Waals surface area contributed by atoms with Crippen molar-refractivity contribution in [1.82, 2.24) is 8.96 Å². The van der Waals surface area contributed by atoms with Crippen LogP contribution in [0.15, 0.2) is 47.7 Å². The monoisotopic (exact) mass is 250 g/mol. The summed E-state index contributed by atoms with van der Waals surface area (Å²) in [5.41, 5.74) is 0.646. The number of aromatic nitrogens is 2. The normalized spacial score (nSPS) is 11.4. The van der Waals surface area contributed by atoms with Gasteiger partial charge in [0.1, 0.15) is 0 Å². The summed E-state index contributed by atoms with van der Waals surface area (Å²) in [7, 11) is -3.45. The standard InChI is InChI=1S/C11H10N2O3S/c1-17(15,16)13-6-4-10(14)7-11(13)9-3-2-5-12-8-9/h2-8H,1H3. The summed E-state index contributed by atoms with van der Waals surface area (Å²) in [6.07, 6.45) is 5.42. The first-order chi connectivity index (χ1) is 7.98. The zero-order chi connectivity index (χ0) is 12.5. The van der Waals surface area contributed by atoms with Gasteiger partial charge in [0.2, 0.25) is 10.0 Å². The molecule has 0 aliphatic heterocycles. The Morgan fingerprint density at radius 3 is 2.65 bits per heavy atom. The maximum Gasteiger partial charge on any atom is 0.236 e. The molecule has 0 aromatic carbocycles. The molecule has 0 amide bonds. The van der Waals surface area contributed by atoms with Crippen molar-refractivity contribution in [1.29, 1.82) is 0 Å². The fraction of sp³-hybridized carbons (Fsp3) is 0.0909. The summed E-state index contributed by atoms with van der Waals surface area (Å²) in [5.74, 6) is 0. The molecule has 0 unspecified atom stereocenters. The Bertz CT molecular complexity index is 690. The largest absolute Gasteiger partial charge is 0.290 e. The summed E-state index contributed by atoms with van der Waals surface area (Å²) >= 11 is 0. The van der Waals surface area contributed by atoms with Gasteiger partial charge in [0.15, 0.2) is 5.43 Å². The fourth-order valence-electron chi connectivity index (χ4n) is 1.48. The smallest absolute Gasteiger partial charge is 0.236 e. The van der Waals surface area contributed by atoms with Gasteiger partial charge in [0.25, 0.3) is 0 Å². The van der Waals surface area contributed by atoms with Crippen LogP contribution in [-0.2, 0) is 10.0 Å². The first-order valence-electron chi connectivity index (χ1n) is 4.82. The van der Waals surface area contributed by atoms with E-state index < -0.39 is 10.0 Å². The molecule has 0 spiro atoms. The van der Waals surface area contributed by atoms with E-state index in [1.54, 1.807) is 18.3 Å². The molecule has 6 heteroatoms. The molecule has 0 saturated heterocycles. The van der Waals surface area contributed by atoms with E-state index in [0.29, 0.717) is 11.3 Å². The van der Waals surface area contributed by atoms with Crippen molar-refractivity contribution in [3.05, 3.63) is 53.1 Å². The van der Waals surface area contributed by atoms with Crippen LogP contribution in [0.2, 0.25) is 0 Å². The van der Waals surface area contributed by atoms with Crippen LogP contribution in [0.4, 0.5) is 0 Å². The van der Waals surface area contributed by atoms with Gasteiger partial charge >= 0.3 is 0 Å². The Balaban J connectivity index is 2.77. The average molecular weight is 250 g/mol. The van der Waals surface area contributed by atoms with E-state index in [-0.39, 0.29) is 5.43 Å². The van der Waals surface area contributed by atoms with Gasteiger partial charge in [-0.05, 0) is 12.1 Å². The molecule has 2 rings (SSSR count). The third kappa shape index (κ3) is 2.42. The highest BCUT2D eigenvalue weighted by atomic mass is 32.2. The van der Waals surface area contributed by atoms with Gasteiger partial charge in [-0.1, -0.05) is 0 Å². The molecule has 0 atom stereocenters. The van der Waals surface area contributed by atoms with Gasteiger partial charge in [-0.25, -0.2) is 12.4 Å². The molecule has 0 fully saturated rings. The maximum atomic E-state index is 11.6. The Kier molecular flexibility index (Phi) is 2.81. The van der Waals surface area contributed by atoms with Gasteiger partial charge in [-0.2, -0.15) is 0 Å². The molecule has 2 aromatic heterocycles. The lowest BCUT2D eigenvalue weighted by atomic mass is 10.2. The highest BCUT2D eigenvalue weighted by Gasteiger charge is 2.11. The minimum absolute atomic E-state index is 0.247. The number of pyridine rings is 2. The Labute approximate surface area is 98.4 Å². The summed E-state index contributed by atoms with van der Waals surface area (Å²) in [5, 5.41) is 0. The minimum Gasteiger partial charge on any atom is -0.290 e. The quantitative estimate of drug-likeness (QED) is 0.787. The van der Waals surface area contributed by atoms with E-state index >= 15 is 0 Å². The average Bonchev–Trinajstić information content (AvgIpc) is 2.28. The van der Waals surface area contributed by atoms with Crippen LogP contribution >= 0.6 is 0 Å². The second-order valence-corrected chi connectivity index (χ2v) is 5.41. The van der Waals surface area contributed by atoms with Crippen LogP contribution in [0, 0.1) is 0 Å². The van der Waals surface area contributed by atoms with Crippen molar-refractivity contribution in [2.75, 3.05) is 6.26 Å². The summed E-state index contributed by atoms with van der Waals surface area (Å²) in [6, 6.07) is 5.86. The molecule has 2 heterocycles. The van der Waals surface area contributed by atoms with Crippen molar-refractivity contribution in [3.63, 3.8) is 0 Å². The van der Waals surface area contributed by atoms with E-state index in [9.17, 15) is 13.2 Å². The lowest BCUT2D eigenvalue weighted by Crippen LogP contribution is -2.15. The van der Waals surface area contributed by atoms with Crippen LogP contribution in [0.1, 0.15) is 0 Å². The zero-order valence-electron chi connectivity index (χ0n) is 9.07. The second-order valence-electron chi connectivity index (χ2n) is 3.55. The summed E-state index contributed by atoms with van der Waals surface area (Å²) in [6.45, 7) is 0. The third-order valence-corrected chi connectivity index (χ3v) is 3.24. The SMILES string of the molecule is CS(=O)(=O)n1ccc(=O)cc1-c1cccnc1. The third-order valence-electron chi connectivity index (χ3n) is 2.21. The highest BCUT2D eigenvalue weighted by Crippen LogP contribution is 2.17. The predicted octanol–water partition coefficient (Wildman–Crippen LogP) is 0.718. The molecule has 0 aliphatic rings. The zero-order valence-corrected chi connectivity index (χ0v) is 9.89. The molecular formula is C11H10N2O3S. The first kappa shape index (κ1) is 11.5. The second kappa shape index (κ2) is 4.14. The van der Waals surface area contributed by atoms with E-state index in [2.05, 4.69) is 4.98 Å². The number of nitrogens with zero attached hydrogens (tertiary/aromatic N) is 2. The topological polar surface area (TPSA) is 69.0 Å². The molecule has 0 radical (unpaired) electrons. The van der Waals surface area contributed by atoms with Crippen LogP contribution in [-0.4, -0.2) is 23.6 Å². The molecule has 0 N–H and O–H groups in total. The molecule has 2 aromatic rings. The number of hydrogen-bond donors (Lipinski definition) is 0. The molecule has 0 saturated carbocycles. The first-order valence-corrected chi connectivity index (χ1v) is 6.67. The molecular weight excluding hydrogens is 240 g/mol. The maximum absolute atomic E-state index is 11.6. The van der Waals surface area contributed by atoms with Crippen molar-refractivity contribution in [2.45, 2.75) is 0 Å². The van der Waals surface area contributed by atoms with Crippen molar-refractivity contribution in [2.24, 2.45) is 0 Å². The lowest BCUT2D eigenvalue weighted by Gasteiger charge is -2.10. The minimum atomic E-state index is -3.45. The van der Waals surface area contributed by atoms with E-state index in [0.717, 1.165) is 10.2 Å². The van der Waals surface area contributed by atoms with Crippen LogP contribution < -0.4 is 5.43 Å². The molecule has 0 aliphatic carbocycles. The summed E-state index contributed by atoms with van der Waals surface area (Å²) in [4.78, 5) is 15.2. The number of hydrogen-bond acceptors (Lipinski definition) is 4. The summed E-state index contributed by atoms with van der Waals surface area (Å²) < 4.78 is 24.2.